The van der Waals surface area contributed by atoms with E-state index in [0.717, 1.165) is 30.7 Å². The molecule has 21 heavy (non-hydrogen) atoms. The van der Waals surface area contributed by atoms with Crippen molar-refractivity contribution >= 4 is 0 Å². The first kappa shape index (κ1) is 14.6. The maximum Gasteiger partial charge on any atom is 0.0991 e. The second kappa shape index (κ2) is 6.60. The van der Waals surface area contributed by atoms with Crippen LogP contribution in [0.4, 0.5) is 0 Å². The molecule has 3 rings (SSSR count). The van der Waals surface area contributed by atoms with Gasteiger partial charge in [0, 0.05) is 24.7 Å². The van der Waals surface area contributed by atoms with Gasteiger partial charge in [-0.25, -0.2) is 0 Å². The molecule has 112 valence electrons. The summed E-state index contributed by atoms with van der Waals surface area (Å²) in [4.78, 5) is 2.72. The van der Waals surface area contributed by atoms with Gasteiger partial charge in [-0.15, -0.1) is 0 Å². The Morgan fingerprint density at radius 2 is 1.86 bits per heavy atom. The molecule has 0 spiro atoms. The molecule has 2 fully saturated rings. The first-order chi connectivity index (χ1) is 10.3. The van der Waals surface area contributed by atoms with Crippen molar-refractivity contribution in [2.75, 3.05) is 6.54 Å². The fourth-order valence-electron chi connectivity index (χ4n) is 4.09. The highest BCUT2D eigenvalue weighted by atomic mass is 15.2. The van der Waals surface area contributed by atoms with E-state index in [9.17, 15) is 0 Å². The minimum absolute atomic E-state index is 0.711. The summed E-state index contributed by atoms with van der Waals surface area (Å²) in [5.41, 5.74) is 2.09. The SMILES string of the molecule is CCNC1CC2CCCC(C1)N2Cc1ccc(C#N)cc1. The Labute approximate surface area is 128 Å². The molecular formula is C18H25N3. The number of rotatable bonds is 4. The van der Waals surface area contributed by atoms with Crippen LogP contribution in [0.3, 0.4) is 0 Å². The van der Waals surface area contributed by atoms with Gasteiger partial charge in [-0.05, 0) is 49.9 Å². The summed E-state index contributed by atoms with van der Waals surface area (Å²) in [6, 6.07) is 12.5. The van der Waals surface area contributed by atoms with E-state index in [1.807, 2.05) is 12.1 Å². The fourth-order valence-corrected chi connectivity index (χ4v) is 4.09. The lowest BCUT2D eigenvalue weighted by molar-refractivity contribution is 0.0180. The van der Waals surface area contributed by atoms with Crippen molar-refractivity contribution in [2.45, 2.75) is 63.7 Å². The highest BCUT2D eigenvalue weighted by Gasteiger charge is 2.37. The minimum atomic E-state index is 0.711. The molecule has 0 amide bonds. The van der Waals surface area contributed by atoms with E-state index >= 15 is 0 Å². The zero-order chi connectivity index (χ0) is 14.7. The topological polar surface area (TPSA) is 39.1 Å². The molecule has 1 aromatic carbocycles. The van der Waals surface area contributed by atoms with Crippen LogP contribution < -0.4 is 5.32 Å². The molecule has 0 radical (unpaired) electrons. The Kier molecular flexibility index (Phi) is 4.57. The largest absolute Gasteiger partial charge is 0.314 e. The average Bonchev–Trinajstić information content (AvgIpc) is 2.49. The highest BCUT2D eigenvalue weighted by molar-refractivity contribution is 5.31. The Balaban J connectivity index is 1.68. The van der Waals surface area contributed by atoms with Gasteiger partial charge in [0.2, 0.25) is 0 Å². The van der Waals surface area contributed by atoms with E-state index in [1.54, 1.807) is 0 Å². The third-order valence-electron chi connectivity index (χ3n) is 5.07. The third-order valence-corrected chi connectivity index (χ3v) is 5.07. The van der Waals surface area contributed by atoms with Crippen LogP contribution in [-0.4, -0.2) is 29.6 Å². The molecule has 3 heteroatoms. The van der Waals surface area contributed by atoms with E-state index in [4.69, 9.17) is 5.26 Å². The molecule has 1 N–H and O–H groups in total. The number of hydrogen-bond donors (Lipinski definition) is 1. The van der Waals surface area contributed by atoms with Crippen molar-refractivity contribution in [3.8, 4) is 6.07 Å². The summed E-state index contributed by atoms with van der Waals surface area (Å²) < 4.78 is 0. The molecule has 0 aliphatic carbocycles. The predicted octanol–water partition coefficient (Wildman–Crippen LogP) is 3.05. The molecule has 0 saturated carbocycles. The maximum absolute atomic E-state index is 8.89. The number of nitrogens with zero attached hydrogens (tertiary/aromatic N) is 2. The van der Waals surface area contributed by atoms with Gasteiger partial charge in [0.1, 0.15) is 0 Å². The van der Waals surface area contributed by atoms with Gasteiger partial charge in [-0.1, -0.05) is 25.5 Å². The van der Waals surface area contributed by atoms with Gasteiger partial charge >= 0.3 is 0 Å². The van der Waals surface area contributed by atoms with Crippen LogP contribution in [0.2, 0.25) is 0 Å². The van der Waals surface area contributed by atoms with Gasteiger partial charge < -0.3 is 5.32 Å². The Bertz CT molecular complexity index is 488. The van der Waals surface area contributed by atoms with Crippen LogP contribution in [0.15, 0.2) is 24.3 Å². The van der Waals surface area contributed by atoms with Gasteiger partial charge in [-0.2, -0.15) is 5.26 Å². The molecule has 3 nitrogen and oxygen atoms in total. The zero-order valence-electron chi connectivity index (χ0n) is 12.9. The fraction of sp³-hybridized carbons (Fsp3) is 0.611. The maximum atomic E-state index is 8.89. The van der Waals surface area contributed by atoms with Gasteiger partial charge in [0.05, 0.1) is 11.6 Å². The Morgan fingerprint density at radius 3 is 2.43 bits per heavy atom. The van der Waals surface area contributed by atoms with Crippen molar-refractivity contribution in [1.82, 2.24) is 10.2 Å². The van der Waals surface area contributed by atoms with Crippen molar-refractivity contribution in [3.63, 3.8) is 0 Å². The number of hydrogen-bond acceptors (Lipinski definition) is 3. The lowest BCUT2D eigenvalue weighted by atomic mass is 9.81. The normalized spacial score (nSPS) is 29.0. The third kappa shape index (κ3) is 3.28. The molecule has 2 aliphatic rings. The van der Waals surface area contributed by atoms with Crippen molar-refractivity contribution < 1.29 is 0 Å². The lowest BCUT2D eigenvalue weighted by Crippen LogP contribution is -2.55. The highest BCUT2D eigenvalue weighted by Crippen LogP contribution is 2.35. The molecule has 2 saturated heterocycles. The van der Waals surface area contributed by atoms with Crippen LogP contribution in [0.25, 0.3) is 0 Å². The standard InChI is InChI=1S/C18H25N3/c1-2-20-16-10-17-4-3-5-18(11-16)21(17)13-15-8-6-14(12-19)7-9-15/h6-9,16-18,20H,2-5,10-11,13H2,1H3. The quantitative estimate of drug-likeness (QED) is 0.923. The van der Waals surface area contributed by atoms with Crippen LogP contribution in [0.1, 0.15) is 50.2 Å². The Morgan fingerprint density at radius 1 is 1.19 bits per heavy atom. The Hall–Kier alpha value is -1.37. The molecule has 1 aromatic rings. The first-order valence-corrected chi connectivity index (χ1v) is 8.28. The average molecular weight is 283 g/mol. The van der Waals surface area contributed by atoms with Crippen LogP contribution in [-0.2, 0) is 6.54 Å². The molecule has 2 aliphatic heterocycles. The number of piperidine rings is 2. The van der Waals surface area contributed by atoms with E-state index in [0.29, 0.717) is 6.04 Å². The molecule has 2 heterocycles. The van der Waals surface area contributed by atoms with Gasteiger partial charge in [0.15, 0.2) is 0 Å². The van der Waals surface area contributed by atoms with E-state index in [-0.39, 0.29) is 0 Å². The zero-order valence-corrected chi connectivity index (χ0v) is 12.9. The number of nitriles is 1. The summed E-state index contributed by atoms with van der Waals surface area (Å²) in [5, 5.41) is 12.5. The van der Waals surface area contributed by atoms with Gasteiger partial charge in [-0.3, -0.25) is 4.90 Å². The van der Waals surface area contributed by atoms with E-state index in [1.165, 1.54) is 37.7 Å². The van der Waals surface area contributed by atoms with Gasteiger partial charge in [0.25, 0.3) is 0 Å². The molecular weight excluding hydrogens is 258 g/mol. The number of fused-ring (bicyclic) bond motifs is 2. The first-order valence-electron chi connectivity index (χ1n) is 8.28. The molecule has 2 unspecified atom stereocenters. The molecule has 0 aromatic heterocycles. The van der Waals surface area contributed by atoms with Crippen molar-refractivity contribution in [2.24, 2.45) is 0 Å². The minimum Gasteiger partial charge on any atom is -0.314 e. The van der Waals surface area contributed by atoms with Crippen molar-refractivity contribution in [3.05, 3.63) is 35.4 Å². The van der Waals surface area contributed by atoms with Crippen LogP contribution in [0, 0.1) is 11.3 Å². The predicted molar refractivity (Wildman–Crippen MR) is 84.8 cm³/mol. The number of nitrogens with one attached hydrogen (secondary N) is 1. The van der Waals surface area contributed by atoms with E-state index < -0.39 is 0 Å². The summed E-state index contributed by atoms with van der Waals surface area (Å²) in [6.45, 7) is 4.33. The second-order valence-electron chi connectivity index (χ2n) is 6.45. The second-order valence-corrected chi connectivity index (χ2v) is 6.45. The van der Waals surface area contributed by atoms with Crippen LogP contribution >= 0.6 is 0 Å². The molecule has 2 atom stereocenters. The van der Waals surface area contributed by atoms with Crippen LogP contribution in [0.5, 0.6) is 0 Å². The summed E-state index contributed by atoms with van der Waals surface area (Å²) in [7, 11) is 0. The van der Waals surface area contributed by atoms with Crippen molar-refractivity contribution in [1.29, 1.82) is 5.26 Å². The smallest absolute Gasteiger partial charge is 0.0991 e. The number of benzene rings is 1. The summed E-state index contributed by atoms with van der Waals surface area (Å²) in [6.07, 6.45) is 6.66. The molecule has 2 bridgehead atoms. The summed E-state index contributed by atoms with van der Waals surface area (Å²) in [5.74, 6) is 0. The van der Waals surface area contributed by atoms with E-state index in [2.05, 4.69) is 35.3 Å². The lowest BCUT2D eigenvalue weighted by Gasteiger charge is -2.49. The summed E-state index contributed by atoms with van der Waals surface area (Å²) >= 11 is 0. The monoisotopic (exact) mass is 283 g/mol.